The Morgan fingerprint density at radius 2 is 2.12 bits per heavy atom. The Balaban J connectivity index is 1.74. The molecule has 0 aromatic heterocycles. The number of hydrogen-bond acceptors (Lipinski definition) is 5. The number of hydrogen-bond donors (Lipinski definition) is 0. The van der Waals surface area contributed by atoms with Crippen molar-refractivity contribution in [1.82, 2.24) is 0 Å². The number of halogens is 1. The predicted molar refractivity (Wildman–Crippen MR) is 91.6 cm³/mol. The Kier molecular flexibility index (Phi) is 5.26. The molecule has 0 radical (unpaired) electrons. The van der Waals surface area contributed by atoms with E-state index in [1.165, 1.54) is 0 Å². The summed E-state index contributed by atoms with van der Waals surface area (Å²) in [6, 6.07) is 5.59. The van der Waals surface area contributed by atoms with Crippen LogP contribution in [0.4, 0.5) is 11.4 Å². The Morgan fingerprint density at radius 3 is 2.79 bits per heavy atom. The highest BCUT2D eigenvalue weighted by Gasteiger charge is 2.36. The number of benzene rings is 1. The SMILES string of the molecule is CCOC(=O)[C@@H]1CC(=O)N(c2ccc(N3CCOCC3)c(Cl)c2)C1. The highest BCUT2D eigenvalue weighted by molar-refractivity contribution is 6.33. The van der Waals surface area contributed by atoms with Gasteiger partial charge in [0.05, 0.1) is 36.4 Å². The lowest BCUT2D eigenvalue weighted by atomic mass is 10.1. The third-order valence-electron chi connectivity index (χ3n) is 4.34. The number of carbonyl (C=O) groups is 2. The molecular formula is C17H21ClN2O4. The van der Waals surface area contributed by atoms with Crippen molar-refractivity contribution in [2.45, 2.75) is 13.3 Å². The van der Waals surface area contributed by atoms with Crippen LogP contribution in [0.1, 0.15) is 13.3 Å². The molecular weight excluding hydrogens is 332 g/mol. The first-order chi connectivity index (χ1) is 11.6. The van der Waals surface area contributed by atoms with Gasteiger partial charge in [-0.2, -0.15) is 0 Å². The monoisotopic (exact) mass is 352 g/mol. The topological polar surface area (TPSA) is 59.1 Å². The minimum absolute atomic E-state index is 0.0803. The van der Waals surface area contributed by atoms with Gasteiger partial charge in [-0.3, -0.25) is 9.59 Å². The van der Waals surface area contributed by atoms with E-state index >= 15 is 0 Å². The van der Waals surface area contributed by atoms with E-state index < -0.39 is 5.92 Å². The molecule has 6 nitrogen and oxygen atoms in total. The maximum Gasteiger partial charge on any atom is 0.311 e. The molecule has 130 valence electrons. The van der Waals surface area contributed by atoms with Crippen LogP contribution in [0.3, 0.4) is 0 Å². The van der Waals surface area contributed by atoms with Gasteiger partial charge < -0.3 is 19.3 Å². The molecule has 2 heterocycles. The third-order valence-corrected chi connectivity index (χ3v) is 4.64. The maximum atomic E-state index is 12.2. The van der Waals surface area contributed by atoms with Gasteiger partial charge in [-0.05, 0) is 25.1 Å². The van der Waals surface area contributed by atoms with Crippen LogP contribution in [0.2, 0.25) is 5.02 Å². The van der Waals surface area contributed by atoms with Crippen molar-refractivity contribution in [3.05, 3.63) is 23.2 Å². The molecule has 0 unspecified atom stereocenters. The van der Waals surface area contributed by atoms with Crippen molar-refractivity contribution in [2.75, 3.05) is 49.3 Å². The van der Waals surface area contributed by atoms with Gasteiger partial charge in [-0.15, -0.1) is 0 Å². The number of esters is 1. The van der Waals surface area contributed by atoms with Crippen molar-refractivity contribution < 1.29 is 19.1 Å². The van der Waals surface area contributed by atoms with E-state index in [2.05, 4.69) is 4.90 Å². The summed E-state index contributed by atoms with van der Waals surface area (Å²) in [5.41, 5.74) is 1.66. The first kappa shape index (κ1) is 17.0. The van der Waals surface area contributed by atoms with Gasteiger partial charge in [0, 0.05) is 31.7 Å². The molecule has 2 fully saturated rings. The van der Waals surface area contributed by atoms with Gasteiger partial charge in [-0.25, -0.2) is 0 Å². The lowest BCUT2D eigenvalue weighted by Crippen LogP contribution is -2.36. The van der Waals surface area contributed by atoms with E-state index in [1.54, 1.807) is 17.9 Å². The molecule has 7 heteroatoms. The van der Waals surface area contributed by atoms with Crippen molar-refractivity contribution in [2.24, 2.45) is 5.92 Å². The normalized spacial score (nSPS) is 21.2. The lowest BCUT2D eigenvalue weighted by Gasteiger charge is -2.30. The fourth-order valence-corrected chi connectivity index (χ4v) is 3.39. The predicted octanol–water partition coefficient (Wildman–Crippen LogP) is 2.09. The van der Waals surface area contributed by atoms with E-state index in [-0.39, 0.29) is 18.3 Å². The van der Waals surface area contributed by atoms with Gasteiger partial charge >= 0.3 is 5.97 Å². The maximum absolute atomic E-state index is 12.2. The minimum atomic E-state index is -0.407. The number of nitrogens with zero attached hydrogens (tertiary/aromatic N) is 2. The Bertz CT molecular complexity index is 631. The highest BCUT2D eigenvalue weighted by Crippen LogP contribution is 2.33. The van der Waals surface area contributed by atoms with Gasteiger partial charge in [0.2, 0.25) is 5.91 Å². The zero-order chi connectivity index (χ0) is 17.1. The second-order valence-electron chi connectivity index (χ2n) is 5.89. The molecule has 1 aromatic rings. The van der Waals surface area contributed by atoms with Crippen LogP contribution in [0.15, 0.2) is 18.2 Å². The molecule has 1 amide bonds. The molecule has 0 aliphatic carbocycles. The molecule has 0 N–H and O–H groups in total. The largest absolute Gasteiger partial charge is 0.466 e. The fourth-order valence-electron chi connectivity index (χ4n) is 3.10. The molecule has 0 spiro atoms. The van der Waals surface area contributed by atoms with E-state index in [4.69, 9.17) is 21.1 Å². The number of morpholine rings is 1. The number of ether oxygens (including phenoxy) is 2. The van der Waals surface area contributed by atoms with Crippen molar-refractivity contribution >= 4 is 34.9 Å². The Labute approximate surface area is 146 Å². The number of anilines is 2. The molecule has 0 saturated carbocycles. The smallest absolute Gasteiger partial charge is 0.311 e. The summed E-state index contributed by atoms with van der Waals surface area (Å²) in [5.74, 6) is -0.803. The summed E-state index contributed by atoms with van der Waals surface area (Å²) in [6.45, 7) is 5.39. The minimum Gasteiger partial charge on any atom is -0.466 e. The fraction of sp³-hybridized carbons (Fsp3) is 0.529. The summed E-state index contributed by atoms with van der Waals surface area (Å²) in [6.07, 6.45) is 0.182. The first-order valence-electron chi connectivity index (χ1n) is 8.19. The summed E-state index contributed by atoms with van der Waals surface area (Å²) < 4.78 is 10.4. The quantitative estimate of drug-likeness (QED) is 0.777. The van der Waals surface area contributed by atoms with Crippen LogP contribution in [-0.4, -0.2) is 51.3 Å². The molecule has 1 aromatic carbocycles. The highest BCUT2D eigenvalue weighted by atomic mass is 35.5. The summed E-state index contributed by atoms with van der Waals surface area (Å²) in [7, 11) is 0. The molecule has 1 atom stereocenters. The molecule has 2 aliphatic heterocycles. The van der Waals surface area contributed by atoms with Crippen LogP contribution in [0.5, 0.6) is 0 Å². The van der Waals surface area contributed by atoms with Crippen molar-refractivity contribution in [1.29, 1.82) is 0 Å². The molecule has 0 bridgehead atoms. The van der Waals surface area contributed by atoms with Gasteiger partial charge in [0.15, 0.2) is 0 Å². The third kappa shape index (κ3) is 3.49. The summed E-state index contributed by atoms with van der Waals surface area (Å²) in [4.78, 5) is 27.9. The van der Waals surface area contributed by atoms with Crippen LogP contribution < -0.4 is 9.80 Å². The van der Waals surface area contributed by atoms with Crippen LogP contribution in [0.25, 0.3) is 0 Å². The van der Waals surface area contributed by atoms with E-state index in [0.29, 0.717) is 37.1 Å². The van der Waals surface area contributed by atoms with E-state index in [0.717, 1.165) is 18.8 Å². The standard InChI is InChI=1S/C17H21ClN2O4/c1-2-24-17(22)12-9-16(21)20(11-12)13-3-4-15(14(18)10-13)19-5-7-23-8-6-19/h3-4,10,12H,2,5-9,11H2,1H3/t12-/m1/s1. The second-order valence-corrected chi connectivity index (χ2v) is 6.30. The van der Waals surface area contributed by atoms with E-state index in [9.17, 15) is 9.59 Å². The molecule has 2 saturated heterocycles. The average Bonchev–Trinajstić information content (AvgIpc) is 2.98. The Hall–Kier alpha value is -1.79. The van der Waals surface area contributed by atoms with Crippen molar-refractivity contribution in [3.63, 3.8) is 0 Å². The van der Waals surface area contributed by atoms with Crippen LogP contribution >= 0.6 is 11.6 Å². The number of amides is 1. The zero-order valence-electron chi connectivity index (χ0n) is 13.7. The van der Waals surface area contributed by atoms with Crippen molar-refractivity contribution in [3.8, 4) is 0 Å². The van der Waals surface area contributed by atoms with Gasteiger partial charge in [0.25, 0.3) is 0 Å². The molecule has 24 heavy (non-hydrogen) atoms. The van der Waals surface area contributed by atoms with E-state index in [1.807, 2.05) is 12.1 Å². The molecule has 2 aliphatic rings. The van der Waals surface area contributed by atoms with Gasteiger partial charge in [-0.1, -0.05) is 11.6 Å². The first-order valence-corrected chi connectivity index (χ1v) is 8.57. The second kappa shape index (κ2) is 7.40. The lowest BCUT2D eigenvalue weighted by molar-refractivity contribution is -0.147. The van der Waals surface area contributed by atoms with Crippen LogP contribution in [0, 0.1) is 5.92 Å². The zero-order valence-corrected chi connectivity index (χ0v) is 14.4. The van der Waals surface area contributed by atoms with Crippen LogP contribution in [-0.2, 0) is 19.1 Å². The summed E-state index contributed by atoms with van der Waals surface area (Å²) in [5, 5.41) is 0.599. The summed E-state index contributed by atoms with van der Waals surface area (Å²) >= 11 is 6.43. The average molecular weight is 353 g/mol. The number of rotatable bonds is 4. The number of carbonyl (C=O) groups excluding carboxylic acids is 2. The van der Waals surface area contributed by atoms with Gasteiger partial charge in [0.1, 0.15) is 0 Å². The Morgan fingerprint density at radius 1 is 1.38 bits per heavy atom. The molecule has 3 rings (SSSR count).